The van der Waals surface area contributed by atoms with E-state index in [2.05, 4.69) is 15.7 Å². The standard InChI is InChI=1S/C4H6O2.C4H4O/c1-3-4(5)6-2;1-2-4-5-3-1/h3H,1H2,2H3;1-4H. The van der Waals surface area contributed by atoms with Crippen LogP contribution < -0.4 is 0 Å². The van der Waals surface area contributed by atoms with E-state index >= 15 is 0 Å². The third kappa shape index (κ3) is 6.37. The maximum Gasteiger partial charge on any atom is 0.329 e. The van der Waals surface area contributed by atoms with Crippen LogP contribution in [-0.2, 0) is 9.53 Å². The molecule has 60 valence electrons. The molecule has 0 bridgehead atoms. The van der Waals surface area contributed by atoms with Gasteiger partial charge in [-0.3, -0.25) is 0 Å². The van der Waals surface area contributed by atoms with Gasteiger partial charge in [0, 0.05) is 6.08 Å². The van der Waals surface area contributed by atoms with Gasteiger partial charge in [-0.25, -0.2) is 4.79 Å². The predicted octanol–water partition coefficient (Wildman–Crippen LogP) is 1.62. The highest BCUT2D eigenvalue weighted by Crippen LogP contribution is 1.79. The number of furan rings is 1. The van der Waals surface area contributed by atoms with Gasteiger partial charge in [-0.15, -0.1) is 0 Å². The van der Waals surface area contributed by atoms with E-state index in [1.807, 2.05) is 12.1 Å². The van der Waals surface area contributed by atoms with Crippen molar-refractivity contribution < 1.29 is 13.9 Å². The molecule has 0 amide bonds. The van der Waals surface area contributed by atoms with Crippen molar-refractivity contribution in [3.8, 4) is 0 Å². The van der Waals surface area contributed by atoms with Crippen LogP contribution in [0.3, 0.4) is 0 Å². The molecule has 0 aliphatic rings. The van der Waals surface area contributed by atoms with Gasteiger partial charge < -0.3 is 9.15 Å². The van der Waals surface area contributed by atoms with Gasteiger partial charge in [0.15, 0.2) is 0 Å². The van der Waals surface area contributed by atoms with E-state index in [0.29, 0.717) is 0 Å². The van der Waals surface area contributed by atoms with Crippen LogP contribution in [0.5, 0.6) is 0 Å². The molecule has 0 saturated heterocycles. The highest BCUT2D eigenvalue weighted by Gasteiger charge is 1.81. The minimum absolute atomic E-state index is 0.394. The van der Waals surface area contributed by atoms with Gasteiger partial charge in [-0.05, 0) is 12.1 Å². The monoisotopic (exact) mass is 154 g/mol. The summed E-state index contributed by atoms with van der Waals surface area (Å²) in [5.41, 5.74) is 0. The van der Waals surface area contributed by atoms with E-state index in [9.17, 15) is 4.79 Å². The van der Waals surface area contributed by atoms with Crippen LogP contribution in [0.25, 0.3) is 0 Å². The van der Waals surface area contributed by atoms with Crippen molar-refractivity contribution >= 4 is 5.97 Å². The summed E-state index contributed by atoms with van der Waals surface area (Å²) in [6.07, 6.45) is 4.36. The highest BCUT2D eigenvalue weighted by atomic mass is 16.5. The van der Waals surface area contributed by atoms with E-state index in [1.165, 1.54) is 7.11 Å². The van der Waals surface area contributed by atoms with Gasteiger partial charge in [0.25, 0.3) is 0 Å². The summed E-state index contributed by atoms with van der Waals surface area (Å²) in [6, 6.07) is 3.67. The van der Waals surface area contributed by atoms with Crippen molar-refractivity contribution in [3.05, 3.63) is 37.3 Å². The van der Waals surface area contributed by atoms with Gasteiger partial charge in [-0.2, -0.15) is 0 Å². The number of hydrogen-bond acceptors (Lipinski definition) is 3. The Hall–Kier alpha value is -1.51. The molecule has 0 saturated carbocycles. The second-order valence-electron chi connectivity index (χ2n) is 1.52. The van der Waals surface area contributed by atoms with Crippen LogP contribution in [-0.4, -0.2) is 13.1 Å². The molecule has 0 aliphatic carbocycles. The van der Waals surface area contributed by atoms with Crippen LogP contribution in [0, 0.1) is 0 Å². The number of methoxy groups -OCH3 is 1. The number of hydrogen-bond donors (Lipinski definition) is 0. The SMILES string of the molecule is C=CC(=O)OC.c1ccoc1. The normalized spacial score (nSPS) is 7.36. The van der Waals surface area contributed by atoms with Crippen molar-refractivity contribution in [2.75, 3.05) is 7.11 Å². The van der Waals surface area contributed by atoms with Crippen molar-refractivity contribution in [2.45, 2.75) is 0 Å². The summed E-state index contributed by atoms with van der Waals surface area (Å²) in [7, 11) is 1.31. The molecule has 0 N–H and O–H groups in total. The molecule has 0 aliphatic heterocycles. The Bertz CT molecular complexity index is 172. The predicted molar refractivity (Wildman–Crippen MR) is 40.9 cm³/mol. The van der Waals surface area contributed by atoms with Gasteiger partial charge in [0.05, 0.1) is 19.6 Å². The quantitative estimate of drug-likeness (QED) is 0.456. The number of carbonyl (C=O) groups excluding carboxylic acids is 1. The summed E-state index contributed by atoms with van der Waals surface area (Å²) in [5, 5.41) is 0. The Morgan fingerprint density at radius 1 is 1.55 bits per heavy atom. The molecule has 0 atom stereocenters. The van der Waals surface area contributed by atoms with Crippen LogP contribution in [0.4, 0.5) is 0 Å². The van der Waals surface area contributed by atoms with E-state index in [0.717, 1.165) is 6.08 Å². The topological polar surface area (TPSA) is 39.4 Å². The smallest absolute Gasteiger partial charge is 0.329 e. The minimum Gasteiger partial charge on any atom is -0.473 e. The average Bonchev–Trinajstić information content (AvgIpc) is 2.60. The molecule has 0 spiro atoms. The van der Waals surface area contributed by atoms with E-state index in [1.54, 1.807) is 12.5 Å². The highest BCUT2D eigenvalue weighted by molar-refractivity contribution is 5.80. The molecule has 1 aromatic rings. The lowest BCUT2D eigenvalue weighted by Gasteiger charge is -1.83. The molecule has 0 aromatic carbocycles. The molecule has 1 heterocycles. The second-order valence-corrected chi connectivity index (χ2v) is 1.52. The lowest BCUT2D eigenvalue weighted by atomic mass is 10.7. The number of esters is 1. The van der Waals surface area contributed by atoms with Gasteiger partial charge >= 0.3 is 5.97 Å². The number of carbonyl (C=O) groups is 1. The van der Waals surface area contributed by atoms with E-state index in [4.69, 9.17) is 0 Å². The Morgan fingerprint density at radius 3 is 2.18 bits per heavy atom. The minimum atomic E-state index is -0.394. The van der Waals surface area contributed by atoms with Crippen LogP contribution in [0.15, 0.2) is 41.7 Å². The largest absolute Gasteiger partial charge is 0.473 e. The number of rotatable bonds is 1. The van der Waals surface area contributed by atoms with Crippen LogP contribution in [0.2, 0.25) is 0 Å². The third-order valence-electron chi connectivity index (χ3n) is 0.793. The molecule has 0 unspecified atom stereocenters. The van der Waals surface area contributed by atoms with Crippen LogP contribution in [0.1, 0.15) is 0 Å². The van der Waals surface area contributed by atoms with Gasteiger partial charge in [0.1, 0.15) is 0 Å². The summed E-state index contributed by atoms with van der Waals surface area (Å²) in [6.45, 7) is 3.16. The van der Waals surface area contributed by atoms with Crippen molar-refractivity contribution in [2.24, 2.45) is 0 Å². The van der Waals surface area contributed by atoms with Gasteiger partial charge in [-0.1, -0.05) is 6.58 Å². The van der Waals surface area contributed by atoms with Crippen molar-refractivity contribution in [1.82, 2.24) is 0 Å². The fourth-order valence-corrected chi connectivity index (χ4v) is 0.310. The lowest BCUT2D eigenvalue weighted by Crippen LogP contribution is -1.91. The molecular weight excluding hydrogens is 144 g/mol. The second kappa shape index (κ2) is 6.61. The molecular formula is C8H10O3. The molecule has 3 heteroatoms. The fourth-order valence-electron chi connectivity index (χ4n) is 0.310. The average molecular weight is 154 g/mol. The van der Waals surface area contributed by atoms with Crippen molar-refractivity contribution in [3.63, 3.8) is 0 Å². The molecule has 11 heavy (non-hydrogen) atoms. The zero-order valence-electron chi connectivity index (χ0n) is 6.32. The Morgan fingerprint density at radius 2 is 2.09 bits per heavy atom. The lowest BCUT2D eigenvalue weighted by molar-refractivity contribution is -0.134. The Kier molecular flexibility index (Phi) is 5.70. The van der Waals surface area contributed by atoms with E-state index < -0.39 is 5.97 Å². The van der Waals surface area contributed by atoms with E-state index in [-0.39, 0.29) is 0 Å². The van der Waals surface area contributed by atoms with Crippen LogP contribution >= 0.6 is 0 Å². The molecule has 0 radical (unpaired) electrons. The Balaban J connectivity index is 0.000000183. The first-order valence-electron chi connectivity index (χ1n) is 2.98. The first kappa shape index (κ1) is 9.49. The molecule has 3 nitrogen and oxygen atoms in total. The molecule has 1 aromatic heterocycles. The first-order valence-corrected chi connectivity index (χ1v) is 2.98. The zero-order chi connectivity index (χ0) is 8.53. The van der Waals surface area contributed by atoms with Crippen molar-refractivity contribution in [1.29, 1.82) is 0 Å². The molecule has 0 fully saturated rings. The summed E-state index contributed by atoms with van der Waals surface area (Å²) in [4.78, 5) is 9.84. The van der Waals surface area contributed by atoms with Gasteiger partial charge in [0.2, 0.25) is 0 Å². The summed E-state index contributed by atoms with van der Waals surface area (Å²) < 4.78 is 8.73. The maximum atomic E-state index is 9.84. The third-order valence-corrected chi connectivity index (χ3v) is 0.793. The maximum absolute atomic E-state index is 9.84. The summed E-state index contributed by atoms with van der Waals surface area (Å²) in [5.74, 6) is -0.394. The fraction of sp³-hybridized carbons (Fsp3) is 0.125. The first-order chi connectivity index (χ1) is 5.31. The Labute approximate surface area is 65.3 Å². The summed E-state index contributed by atoms with van der Waals surface area (Å²) >= 11 is 0. The number of ether oxygens (including phenoxy) is 1. The molecule has 1 rings (SSSR count). The zero-order valence-corrected chi connectivity index (χ0v) is 6.32.